The molecule has 0 aliphatic heterocycles. The Morgan fingerprint density at radius 2 is 1.80 bits per heavy atom. The predicted molar refractivity (Wildman–Crippen MR) is 81.4 cm³/mol. The molecule has 2 aromatic carbocycles. The van der Waals surface area contributed by atoms with Gasteiger partial charge in [0.1, 0.15) is 0 Å². The molecule has 6 heteroatoms. The summed E-state index contributed by atoms with van der Waals surface area (Å²) in [6.07, 6.45) is 0. The van der Waals surface area contributed by atoms with Crippen LogP contribution in [-0.4, -0.2) is 8.42 Å². The van der Waals surface area contributed by atoms with Crippen LogP contribution in [0, 0.1) is 13.8 Å². The van der Waals surface area contributed by atoms with Crippen LogP contribution in [0.4, 0.5) is 17.1 Å². The molecule has 20 heavy (non-hydrogen) atoms. The van der Waals surface area contributed by atoms with Crippen molar-refractivity contribution in [3.05, 3.63) is 47.5 Å². The molecule has 2 rings (SSSR count). The van der Waals surface area contributed by atoms with Crippen molar-refractivity contribution >= 4 is 27.1 Å². The summed E-state index contributed by atoms with van der Waals surface area (Å²) in [7, 11) is -3.80. The van der Waals surface area contributed by atoms with E-state index in [0.29, 0.717) is 16.9 Å². The van der Waals surface area contributed by atoms with Crippen LogP contribution in [0.1, 0.15) is 11.1 Å². The van der Waals surface area contributed by atoms with E-state index in [2.05, 4.69) is 5.32 Å². The van der Waals surface area contributed by atoms with Gasteiger partial charge in [-0.2, -0.15) is 0 Å². The van der Waals surface area contributed by atoms with Gasteiger partial charge in [-0.1, -0.05) is 12.1 Å². The fraction of sp³-hybridized carbons (Fsp3) is 0.143. The Hall–Kier alpha value is -2.05. The maximum atomic E-state index is 11.6. The number of aryl methyl sites for hydroxylation is 1. The Bertz CT molecular complexity index is 755. The largest absolute Gasteiger partial charge is 0.399 e. The third-order valence-corrected chi connectivity index (χ3v) is 4.02. The first kappa shape index (κ1) is 14.4. The van der Waals surface area contributed by atoms with E-state index >= 15 is 0 Å². The van der Waals surface area contributed by atoms with Crippen molar-refractivity contribution < 1.29 is 8.42 Å². The van der Waals surface area contributed by atoms with Crippen LogP contribution in [0.15, 0.2) is 41.3 Å². The Balaban J connectivity index is 2.50. The molecule has 0 heterocycles. The molecule has 106 valence electrons. The number of anilines is 3. The SMILES string of the molecule is Cc1cccc(Nc2cc(N)cc(S(N)(=O)=O)c2C)c1. The van der Waals surface area contributed by atoms with Crippen LogP contribution in [0.5, 0.6) is 0 Å². The van der Waals surface area contributed by atoms with E-state index in [1.54, 1.807) is 13.0 Å². The van der Waals surface area contributed by atoms with E-state index in [-0.39, 0.29) is 4.90 Å². The van der Waals surface area contributed by atoms with Crippen LogP contribution in [0.2, 0.25) is 0 Å². The second kappa shape index (κ2) is 5.15. The molecule has 2 aromatic rings. The van der Waals surface area contributed by atoms with E-state index in [1.165, 1.54) is 6.07 Å². The molecule has 0 unspecified atom stereocenters. The molecule has 0 saturated carbocycles. The molecule has 0 aliphatic rings. The number of hydrogen-bond acceptors (Lipinski definition) is 4. The zero-order chi connectivity index (χ0) is 14.9. The molecule has 0 atom stereocenters. The van der Waals surface area contributed by atoms with Crippen LogP contribution >= 0.6 is 0 Å². The zero-order valence-electron chi connectivity index (χ0n) is 11.3. The summed E-state index contributed by atoms with van der Waals surface area (Å²) in [4.78, 5) is 0.0349. The van der Waals surface area contributed by atoms with Gasteiger partial charge in [0.25, 0.3) is 0 Å². The molecule has 0 fully saturated rings. The van der Waals surface area contributed by atoms with Gasteiger partial charge in [0.15, 0.2) is 0 Å². The average molecular weight is 291 g/mol. The van der Waals surface area contributed by atoms with E-state index in [1.807, 2.05) is 31.2 Å². The minimum Gasteiger partial charge on any atom is -0.399 e. The average Bonchev–Trinajstić information content (AvgIpc) is 2.32. The number of nitrogen functional groups attached to an aromatic ring is 1. The number of benzene rings is 2. The van der Waals surface area contributed by atoms with E-state index < -0.39 is 10.0 Å². The van der Waals surface area contributed by atoms with Crippen molar-refractivity contribution in [2.24, 2.45) is 5.14 Å². The first-order valence-corrected chi connectivity index (χ1v) is 7.58. The summed E-state index contributed by atoms with van der Waals surface area (Å²) in [6, 6.07) is 10.8. The minimum absolute atomic E-state index is 0.0349. The molecule has 0 bridgehead atoms. The Kier molecular flexibility index (Phi) is 3.69. The van der Waals surface area contributed by atoms with E-state index in [4.69, 9.17) is 10.9 Å². The lowest BCUT2D eigenvalue weighted by atomic mass is 10.1. The van der Waals surface area contributed by atoms with Crippen LogP contribution in [0.3, 0.4) is 0 Å². The lowest BCUT2D eigenvalue weighted by molar-refractivity contribution is 0.597. The first-order valence-electron chi connectivity index (χ1n) is 6.04. The zero-order valence-corrected chi connectivity index (χ0v) is 12.2. The highest BCUT2D eigenvalue weighted by atomic mass is 32.2. The molecular formula is C14H17N3O2S. The molecule has 0 aliphatic carbocycles. The van der Waals surface area contributed by atoms with Gasteiger partial charge in [0.2, 0.25) is 10.0 Å². The fourth-order valence-electron chi connectivity index (χ4n) is 2.01. The van der Waals surface area contributed by atoms with Gasteiger partial charge in [-0.3, -0.25) is 0 Å². The highest BCUT2D eigenvalue weighted by Crippen LogP contribution is 2.28. The van der Waals surface area contributed by atoms with Gasteiger partial charge in [0.05, 0.1) is 4.90 Å². The van der Waals surface area contributed by atoms with Crippen molar-refractivity contribution in [2.45, 2.75) is 18.7 Å². The lowest BCUT2D eigenvalue weighted by Gasteiger charge is -2.14. The molecule has 0 aromatic heterocycles. The summed E-state index contributed by atoms with van der Waals surface area (Å²) in [5.41, 5.74) is 9.22. The summed E-state index contributed by atoms with van der Waals surface area (Å²) in [5, 5.41) is 8.37. The summed E-state index contributed by atoms with van der Waals surface area (Å²) in [5.74, 6) is 0. The van der Waals surface area contributed by atoms with Gasteiger partial charge in [-0.15, -0.1) is 0 Å². The molecule has 0 radical (unpaired) electrons. The Morgan fingerprint density at radius 3 is 2.40 bits per heavy atom. The highest BCUT2D eigenvalue weighted by Gasteiger charge is 2.15. The van der Waals surface area contributed by atoms with Gasteiger partial charge in [0, 0.05) is 17.1 Å². The Morgan fingerprint density at radius 1 is 1.10 bits per heavy atom. The number of nitrogens with two attached hydrogens (primary N) is 2. The van der Waals surface area contributed by atoms with E-state index in [9.17, 15) is 8.42 Å². The maximum Gasteiger partial charge on any atom is 0.238 e. The second-order valence-corrected chi connectivity index (χ2v) is 6.26. The standard InChI is InChI=1S/C14H17N3O2S/c1-9-4-3-5-12(6-9)17-13-7-11(15)8-14(10(13)2)20(16,18)19/h3-8,17H,15H2,1-2H3,(H2,16,18,19). The van der Waals surface area contributed by atoms with Crippen molar-refractivity contribution in [2.75, 3.05) is 11.1 Å². The maximum absolute atomic E-state index is 11.6. The number of nitrogens with one attached hydrogen (secondary N) is 1. The topological polar surface area (TPSA) is 98.2 Å². The third kappa shape index (κ3) is 3.09. The van der Waals surface area contributed by atoms with E-state index in [0.717, 1.165) is 11.3 Å². The number of hydrogen-bond donors (Lipinski definition) is 3. The lowest BCUT2D eigenvalue weighted by Crippen LogP contribution is -2.15. The number of rotatable bonds is 3. The molecule has 0 amide bonds. The molecule has 0 spiro atoms. The second-order valence-electron chi connectivity index (χ2n) is 4.73. The number of primary sulfonamides is 1. The molecule has 5 nitrogen and oxygen atoms in total. The van der Waals surface area contributed by atoms with Gasteiger partial charge in [-0.05, 0) is 49.2 Å². The van der Waals surface area contributed by atoms with Crippen LogP contribution in [0.25, 0.3) is 0 Å². The summed E-state index contributed by atoms with van der Waals surface area (Å²) in [6.45, 7) is 3.67. The third-order valence-electron chi connectivity index (χ3n) is 2.99. The van der Waals surface area contributed by atoms with Crippen molar-refractivity contribution in [1.29, 1.82) is 0 Å². The van der Waals surface area contributed by atoms with Crippen molar-refractivity contribution in [3.63, 3.8) is 0 Å². The van der Waals surface area contributed by atoms with Crippen molar-refractivity contribution in [1.82, 2.24) is 0 Å². The number of sulfonamides is 1. The van der Waals surface area contributed by atoms with Crippen LogP contribution < -0.4 is 16.2 Å². The first-order chi connectivity index (χ1) is 9.27. The van der Waals surface area contributed by atoms with Gasteiger partial charge >= 0.3 is 0 Å². The smallest absolute Gasteiger partial charge is 0.238 e. The predicted octanol–water partition coefficient (Wildman–Crippen LogP) is 2.28. The van der Waals surface area contributed by atoms with Gasteiger partial charge < -0.3 is 11.1 Å². The van der Waals surface area contributed by atoms with Crippen LogP contribution in [-0.2, 0) is 10.0 Å². The fourth-order valence-corrected chi connectivity index (χ4v) is 2.85. The molecular weight excluding hydrogens is 274 g/mol. The molecule has 5 N–H and O–H groups in total. The normalized spacial score (nSPS) is 11.3. The summed E-state index contributed by atoms with van der Waals surface area (Å²) >= 11 is 0. The van der Waals surface area contributed by atoms with Crippen molar-refractivity contribution in [3.8, 4) is 0 Å². The minimum atomic E-state index is -3.80. The summed E-state index contributed by atoms with van der Waals surface area (Å²) < 4.78 is 23.1. The highest BCUT2D eigenvalue weighted by molar-refractivity contribution is 7.89. The quantitative estimate of drug-likeness (QED) is 0.755. The molecule has 0 saturated heterocycles. The monoisotopic (exact) mass is 291 g/mol. The van der Waals surface area contributed by atoms with Gasteiger partial charge in [-0.25, -0.2) is 13.6 Å². The Labute approximate surface area is 118 Å².